The summed E-state index contributed by atoms with van der Waals surface area (Å²) in [5, 5.41) is 9.95. The van der Waals surface area contributed by atoms with Crippen molar-refractivity contribution in [1.82, 2.24) is 24.7 Å². The highest BCUT2D eigenvalue weighted by Crippen LogP contribution is 2.33. The van der Waals surface area contributed by atoms with E-state index in [1.807, 2.05) is 26.8 Å². The van der Waals surface area contributed by atoms with Crippen LogP contribution in [-0.4, -0.2) is 30.0 Å². The van der Waals surface area contributed by atoms with Crippen molar-refractivity contribution in [3.63, 3.8) is 0 Å². The monoisotopic (exact) mass is 453 g/mol. The van der Waals surface area contributed by atoms with Gasteiger partial charge in [-0.1, -0.05) is 43.4 Å². The lowest BCUT2D eigenvalue weighted by atomic mass is 10.2. The Hall–Kier alpha value is -2.07. The number of hydrogen-bond acceptors (Lipinski definition) is 6. The molecule has 0 saturated carbocycles. The van der Waals surface area contributed by atoms with Crippen molar-refractivity contribution in [2.45, 2.75) is 61.6 Å². The van der Waals surface area contributed by atoms with Gasteiger partial charge in [-0.3, -0.25) is 4.57 Å². The minimum absolute atomic E-state index is 0.252. The summed E-state index contributed by atoms with van der Waals surface area (Å²) in [6, 6.07) is 7.12. The number of rotatable bonds is 7. The molecule has 30 heavy (non-hydrogen) atoms. The lowest BCUT2D eigenvalue weighted by Crippen LogP contribution is -2.08. The first kappa shape index (κ1) is 22.6. The van der Waals surface area contributed by atoms with Crippen LogP contribution in [0.1, 0.15) is 43.0 Å². The lowest BCUT2D eigenvalue weighted by Gasteiger charge is -2.14. The van der Waals surface area contributed by atoms with Crippen LogP contribution in [0.15, 0.2) is 40.6 Å². The molecule has 0 bridgehead atoms. The Morgan fingerprint density at radius 2 is 1.77 bits per heavy atom. The van der Waals surface area contributed by atoms with E-state index in [1.54, 1.807) is 10.6 Å². The molecule has 3 rings (SSSR count). The van der Waals surface area contributed by atoms with Crippen molar-refractivity contribution >= 4 is 23.5 Å². The molecule has 5 nitrogen and oxygen atoms in total. The summed E-state index contributed by atoms with van der Waals surface area (Å²) >= 11 is 2.87. The first-order valence-corrected chi connectivity index (χ1v) is 11.3. The molecular formula is C20H22F3N5S2. The normalized spacial score (nSPS) is 12.9. The molecule has 2 aromatic heterocycles. The van der Waals surface area contributed by atoms with Crippen molar-refractivity contribution in [1.29, 1.82) is 0 Å². The molecule has 160 valence electrons. The van der Waals surface area contributed by atoms with Gasteiger partial charge in [0.1, 0.15) is 5.82 Å². The summed E-state index contributed by atoms with van der Waals surface area (Å²) in [6.45, 7) is 7.89. The number of alkyl halides is 3. The van der Waals surface area contributed by atoms with Gasteiger partial charge in [-0.05, 0) is 44.5 Å². The van der Waals surface area contributed by atoms with E-state index in [4.69, 9.17) is 0 Å². The highest BCUT2D eigenvalue weighted by molar-refractivity contribution is 7.99. The number of benzene rings is 1. The van der Waals surface area contributed by atoms with Crippen LogP contribution in [0, 0.1) is 13.8 Å². The molecule has 2 heterocycles. The third-order valence-electron chi connectivity index (χ3n) is 4.31. The zero-order chi connectivity index (χ0) is 21.9. The van der Waals surface area contributed by atoms with E-state index in [9.17, 15) is 13.2 Å². The van der Waals surface area contributed by atoms with E-state index in [0.717, 1.165) is 29.9 Å². The minimum Gasteiger partial charge on any atom is -0.273 e. The van der Waals surface area contributed by atoms with Gasteiger partial charge >= 0.3 is 6.18 Å². The summed E-state index contributed by atoms with van der Waals surface area (Å²) in [5.74, 6) is 0.931. The molecule has 1 unspecified atom stereocenters. The number of hydrogen-bond donors (Lipinski definition) is 0. The maximum absolute atomic E-state index is 13.3. The average molecular weight is 454 g/mol. The van der Waals surface area contributed by atoms with Crippen LogP contribution in [0.2, 0.25) is 0 Å². The molecule has 0 fully saturated rings. The SMILES string of the molecule is CCC(C)Sc1nnc(CSc2nc(C)cc(C)n2)n1-c1cccc(C(F)(F)F)c1. The maximum atomic E-state index is 13.3. The predicted molar refractivity (Wildman–Crippen MR) is 113 cm³/mol. The second kappa shape index (κ2) is 9.38. The average Bonchev–Trinajstić information content (AvgIpc) is 3.07. The maximum Gasteiger partial charge on any atom is 0.416 e. The Bertz CT molecular complexity index is 1000. The highest BCUT2D eigenvalue weighted by atomic mass is 32.2. The third-order valence-corrected chi connectivity index (χ3v) is 6.36. The third kappa shape index (κ3) is 5.54. The Morgan fingerprint density at radius 1 is 1.07 bits per heavy atom. The zero-order valence-corrected chi connectivity index (χ0v) is 18.7. The van der Waals surface area contributed by atoms with Crippen LogP contribution in [0.5, 0.6) is 0 Å². The Balaban J connectivity index is 1.98. The van der Waals surface area contributed by atoms with Gasteiger partial charge in [0, 0.05) is 16.6 Å². The Morgan fingerprint density at radius 3 is 2.40 bits per heavy atom. The summed E-state index contributed by atoms with van der Waals surface area (Å²) < 4.78 is 41.5. The molecule has 0 aliphatic heterocycles. The fourth-order valence-corrected chi connectivity index (χ4v) is 4.49. The number of thioether (sulfide) groups is 2. The smallest absolute Gasteiger partial charge is 0.273 e. The first-order valence-electron chi connectivity index (χ1n) is 9.41. The van der Waals surface area contributed by atoms with Crippen molar-refractivity contribution in [3.05, 3.63) is 53.1 Å². The summed E-state index contributed by atoms with van der Waals surface area (Å²) in [7, 11) is 0. The van der Waals surface area contributed by atoms with Gasteiger partial charge in [0.15, 0.2) is 10.3 Å². The standard InChI is InChI=1S/C20H22F3N5S2/c1-5-14(4)30-19-27-26-17(11-29-18-24-12(2)9-13(3)25-18)28(19)16-8-6-7-15(10-16)20(21,22)23/h6-10,14H,5,11H2,1-4H3. The fraction of sp³-hybridized carbons (Fsp3) is 0.400. The van der Waals surface area contributed by atoms with Crippen LogP contribution >= 0.6 is 23.5 Å². The van der Waals surface area contributed by atoms with E-state index >= 15 is 0 Å². The molecule has 0 N–H and O–H groups in total. The van der Waals surface area contributed by atoms with Gasteiger partial charge in [0.25, 0.3) is 0 Å². The van der Waals surface area contributed by atoms with Crippen LogP contribution in [0.3, 0.4) is 0 Å². The van der Waals surface area contributed by atoms with Crippen molar-refractivity contribution < 1.29 is 13.2 Å². The molecule has 0 aliphatic rings. The molecule has 10 heteroatoms. The van der Waals surface area contributed by atoms with Crippen LogP contribution in [0.4, 0.5) is 13.2 Å². The number of halogens is 3. The molecule has 0 saturated heterocycles. The lowest BCUT2D eigenvalue weighted by molar-refractivity contribution is -0.137. The molecule has 0 amide bonds. The number of aryl methyl sites for hydroxylation is 2. The topological polar surface area (TPSA) is 56.5 Å². The molecule has 0 aliphatic carbocycles. The highest BCUT2D eigenvalue weighted by Gasteiger charge is 2.31. The van der Waals surface area contributed by atoms with E-state index < -0.39 is 11.7 Å². The van der Waals surface area contributed by atoms with Gasteiger partial charge in [-0.25, -0.2) is 9.97 Å². The van der Waals surface area contributed by atoms with E-state index in [1.165, 1.54) is 29.6 Å². The largest absolute Gasteiger partial charge is 0.416 e. The Labute approximate surface area is 181 Å². The van der Waals surface area contributed by atoms with Crippen molar-refractivity contribution in [2.75, 3.05) is 0 Å². The predicted octanol–water partition coefficient (Wildman–Crippen LogP) is 5.88. The quantitative estimate of drug-likeness (QED) is 0.329. The van der Waals surface area contributed by atoms with Crippen molar-refractivity contribution in [3.8, 4) is 5.69 Å². The first-order chi connectivity index (χ1) is 14.2. The summed E-state index contributed by atoms with van der Waals surface area (Å²) in [6.07, 6.45) is -3.52. The van der Waals surface area contributed by atoms with Crippen molar-refractivity contribution in [2.24, 2.45) is 0 Å². The molecule has 0 radical (unpaired) electrons. The van der Waals surface area contributed by atoms with Gasteiger partial charge in [-0.2, -0.15) is 13.2 Å². The minimum atomic E-state index is -4.42. The van der Waals surface area contributed by atoms with Gasteiger partial charge in [0.05, 0.1) is 17.0 Å². The second-order valence-corrected chi connectivity index (χ2v) is 9.19. The second-order valence-electron chi connectivity index (χ2n) is 6.84. The van der Waals surface area contributed by atoms with E-state index in [2.05, 4.69) is 27.1 Å². The summed E-state index contributed by atoms with van der Waals surface area (Å²) in [4.78, 5) is 8.81. The molecular weight excluding hydrogens is 431 g/mol. The number of nitrogens with zero attached hydrogens (tertiary/aromatic N) is 5. The van der Waals surface area contributed by atoms with Crippen LogP contribution in [-0.2, 0) is 11.9 Å². The van der Waals surface area contributed by atoms with E-state index in [0.29, 0.717) is 27.6 Å². The fourth-order valence-electron chi connectivity index (χ4n) is 2.70. The molecule has 0 spiro atoms. The van der Waals surface area contributed by atoms with Gasteiger partial charge in [-0.15, -0.1) is 10.2 Å². The molecule has 1 atom stereocenters. The Kier molecular flexibility index (Phi) is 7.07. The van der Waals surface area contributed by atoms with Crippen LogP contribution < -0.4 is 0 Å². The summed E-state index contributed by atoms with van der Waals surface area (Å²) in [5.41, 5.74) is 1.40. The van der Waals surface area contributed by atoms with Gasteiger partial charge in [0.2, 0.25) is 0 Å². The van der Waals surface area contributed by atoms with Gasteiger partial charge < -0.3 is 0 Å². The van der Waals surface area contributed by atoms with Crippen LogP contribution in [0.25, 0.3) is 5.69 Å². The number of aromatic nitrogens is 5. The molecule has 1 aromatic carbocycles. The zero-order valence-electron chi connectivity index (χ0n) is 17.1. The molecule has 3 aromatic rings. The van der Waals surface area contributed by atoms with E-state index in [-0.39, 0.29) is 5.25 Å².